The Morgan fingerprint density at radius 3 is 2.16 bits per heavy atom. The molecule has 0 aliphatic heterocycles. The van der Waals surface area contributed by atoms with Crippen LogP contribution >= 0.6 is 0 Å². The number of carbonyl (C=O) groups is 2. The molecule has 0 aliphatic rings. The first-order valence-corrected chi connectivity index (χ1v) is 14.7. The van der Waals surface area contributed by atoms with Crippen molar-refractivity contribution in [3.05, 3.63) is 64.7 Å². The molecular weight excluding hydrogens is 486 g/mol. The molecular formula is C29H43N3O4S. The van der Waals surface area contributed by atoms with E-state index in [0.29, 0.717) is 25.1 Å². The molecule has 1 atom stereocenters. The van der Waals surface area contributed by atoms with Crippen LogP contribution in [-0.4, -0.2) is 49.5 Å². The Hall–Kier alpha value is -2.87. The van der Waals surface area contributed by atoms with Crippen LogP contribution in [0.5, 0.6) is 0 Å². The van der Waals surface area contributed by atoms with Crippen molar-refractivity contribution in [2.75, 3.05) is 17.1 Å². The van der Waals surface area contributed by atoms with Gasteiger partial charge in [-0.1, -0.05) is 48.9 Å². The molecule has 0 aromatic heterocycles. The van der Waals surface area contributed by atoms with Gasteiger partial charge in [0.15, 0.2) is 0 Å². The molecule has 0 spiro atoms. The predicted octanol–water partition coefficient (Wildman–Crippen LogP) is 4.88. The highest BCUT2D eigenvalue weighted by Gasteiger charge is 2.30. The van der Waals surface area contributed by atoms with Crippen LogP contribution in [0.2, 0.25) is 0 Å². The number of sulfonamides is 1. The summed E-state index contributed by atoms with van der Waals surface area (Å²) in [5.41, 5.74) is 4.15. The summed E-state index contributed by atoms with van der Waals surface area (Å²) in [6.07, 6.45) is 2.12. The molecule has 0 aliphatic carbocycles. The normalized spacial score (nSPS) is 12.6. The maximum Gasteiger partial charge on any atom is 0.243 e. The van der Waals surface area contributed by atoms with Gasteiger partial charge in [0.05, 0.1) is 11.9 Å². The Morgan fingerprint density at radius 2 is 1.62 bits per heavy atom. The monoisotopic (exact) mass is 529 g/mol. The van der Waals surface area contributed by atoms with Crippen molar-refractivity contribution in [1.29, 1.82) is 0 Å². The number of amides is 2. The van der Waals surface area contributed by atoms with E-state index in [1.54, 1.807) is 11.0 Å². The van der Waals surface area contributed by atoms with Crippen molar-refractivity contribution in [3.63, 3.8) is 0 Å². The SMILES string of the molecule is CC[C@H](C(=O)NC(C)(C)C)N(Cc1ccc(C)cc1)C(=O)CCCN(c1cccc(C)c1C)S(C)(=O)=O. The fraction of sp³-hybridized carbons (Fsp3) is 0.517. The van der Waals surface area contributed by atoms with E-state index >= 15 is 0 Å². The molecule has 0 unspecified atom stereocenters. The highest BCUT2D eigenvalue weighted by atomic mass is 32.2. The largest absolute Gasteiger partial charge is 0.350 e. The third-order valence-electron chi connectivity index (χ3n) is 6.35. The lowest BCUT2D eigenvalue weighted by atomic mass is 10.0. The zero-order valence-corrected chi connectivity index (χ0v) is 24.4. The Balaban J connectivity index is 2.27. The molecule has 1 N–H and O–H groups in total. The molecule has 0 radical (unpaired) electrons. The lowest BCUT2D eigenvalue weighted by molar-refractivity contribution is -0.142. The van der Waals surface area contributed by atoms with Crippen LogP contribution in [0.4, 0.5) is 5.69 Å². The minimum absolute atomic E-state index is 0.127. The first-order valence-electron chi connectivity index (χ1n) is 12.8. The second-order valence-corrected chi connectivity index (χ2v) is 12.7. The number of hydrogen-bond donors (Lipinski definition) is 1. The Bertz CT molecular complexity index is 1180. The molecule has 0 saturated heterocycles. The molecule has 2 aromatic carbocycles. The fourth-order valence-corrected chi connectivity index (χ4v) is 5.27. The summed E-state index contributed by atoms with van der Waals surface area (Å²) in [4.78, 5) is 28.3. The van der Waals surface area contributed by atoms with Crippen LogP contribution < -0.4 is 9.62 Å². The number of nitrogens with one attached hydrogen (secondary N) is 1. The van der Waals surface area contributed by atoms with E-state index in [1.165, 1.54) is 10.6 Å². The summed E-state index contributed by atoms with van der Waals surface area (Å²) in [5, 5.41) is 3.01. The summed E-state index contributed by atoms with van der Waals surface area (Å²) in [7, 11) is -3.54. The van der Waals surface area contributed by atoms with Gasteiger partial charge in [0.25, 0.3) is 0 Å². The third-order valence-corrected chi connectivity index (χ3v) is 7.53. The average Bonchev–Trinajstić information content (AvgIpc) is 2.78. The maximum atomic E-state index is 13.6. The van der Waals surface area contributed by atoms with E-state index in [0.717, 1.165) is 22.3 Å². The van der Waals surface area contributed by atoms with Crippen LogP contribution in [0.25, 0.3) is 0 Å². The van der Waals surface area contributed by atoms with Gasteiger partial charge in [-0.2, -0.15) is 0 Å². The second-order valence-electron chi connectivity index (χ2n) is 10.8. The van der Waals surface area contributed by atoms with Crippen molar-refractivity contribution in [2.24, 2.45) is 0 Å². The number of nitrogens with zero attached hydrogens (tertiary/aromatic N) is 2. The first kappa shape index (κ1) is 30.4. The molecule has 0 fully saturated rings. The van der Waals surface area contributed by atoms with Crippen LogP contribution in [0, 0.1) is 20.8 Å². The number of rotatable bonds is 11. The van der Waals surface area contributed by atoms with Gasteiger partial charge in [-0.05, 0) is 77.1 Å². The van der Waals surface area contributed by atoms with E-state index in [9.17, 15) is 18.0 Å². The number of benzene rings is 2. The zero-order chi connectivity index (χ0) is 28.0. The summed E-state index contributed by atoms with van der Waals surface area (Å²) >= 11 is 0. The smallest absolute Gasteiger partial charge is 0.243 e. The van der Waals surface area contributed by atoms with Gasteiger partial charge < -0.3 is 10.2 Å². The van der Waals surface area contributed by atoms with E-state index in [-0.39, 0.29) is 24.8 Å². The van der Waals surface area contributed by atoms with Crippen molar-refractivity contribution in [3.8, 4) is 0 Å². The molecule has 204 valence electrons. The summed E-state index contributed by atoms with van der Waals surface area (Å²) in [6.45, 7) is 14.0. The molecule has 2 amide bonds. The number of aryl methyl sites for hydroxylation is 2. The van der Waals surface area contributed by atoms with Crippen LogP contribution in [0.15, 0.2) is 42.5 Å². The van der Waals surface area contributed by atoms with Gasteiger partial charge in [-0.25, -0.2) is 8.42 Å². The summed E-state index contributed by atoms with van der Waals surface area (Å²) < 4.78 is 26.6. The summed E-state index contributed by atoms with van der Waals surface area (Å²) in [6, 6.07) is 12.9. The molecule has 2 rings (SSSR count). The van der Waals surface area contributed by atoms with E-state index in [4.69, 9.17) is 0 Å². The lowest BCUT2D eigenvalue weighted by Crippen LogP contribution is -2.53. The molecule has 37 heavy (non-hydrogen) atoms. The topological polar surface area (TPSA) is 86.8 Å². The second kappa shape index (κ2) is 12.6. The Kier molecular flexibility index (Phi) is 10.3. The number of carbonyl (C=O) groups excluding carboxylic acids is 2. The molecule has 0 saturated carbocycles. The highest BCUT2D eigenvalue weighted by molar-refractivity contribution is 7.92. The quantitative estimate of drug-likeness (QED) is 0.449. The molecule has 7 nitrogen and oxygen atoms in total. The maximum absolute atomic E-state index is 13.6. The van der Waals surface area contributed by atoms with E-state index in [1.807, 2.05) is 84.9 Å². The summed E-state index contributed by atoms with van der Waals surface area (Å²) in [5.74, 6) is -0.366. The standard InChI is InChI=1S/C29H43N3O4S/c1-9-25(28(34)30-29(5,6)7)31(20-24-17-15-21(2)16-18-24)27(33)14-11-19-32(37(8,35)36)26-13-10-12-22(3)23(26)4/h10,12-13,15-18,25H,9,11,14,19-20H2,1-8H3,(H,30,34)/t25-/m1/s1. The average molecular weight is 530 g/mol. The van der Waals surface area contributed by atoms with Crippen molar-refractivity contribution in [2.45, 2.75) is 85.9 Å². The first-order chi connectivity index (χ1) is 17.1. The van der Waals surface area contributed by atoms with E-state index < -0.39 is 21.6 Å². The van der Waals surface area contributed by atoms with Gasteiger partial charge in [0, 0.05) is 25.0 Å². The minimum atomic E-state index is -3.54. The van der Waals surface area contributed by atoms with Gasteiger partial charge in [-0.15, -0.1) is 0 Å². The fourth-order valence-electron chi connectivity index (χ4n) is 4.25. The third kappa shape index (κ3) is 8.88. The molecule has 0 heterocycles. The molecule has 0 bridgehead atoms. The number of anilines is 1. The minimum Gasteiger partial charge on any atom is -0.350 e. The van der Waals surface area contributed by atoms with Crippen molar-refractivity contribution in [1.82, 2.24) is 10.2 Å². The van der Waals surface area contributed by atoms with Crippen LogP contribution in [-0.2, 0) is 26.2 Å². The predicted molar refractivity (Wildman–Crippen MR) is 151 cm³/mol. The van der Waals surface area contributed by atoms with Crippen molar-refractivity contribution >= 4 is 27.5 Å². The number of hydrogen-bond acceptors (Lipinski definition) is 4. The molecule has 2 aromatic rings. The zero-order valence-electron chi connectivity index (χ0n) is 23.6. The van der Waals surface area contributed by atoms with E-state index in [2.05, 4.69) is 5.32 Å². The van der Waals surface area contributed by atoms with Gasteiger partial charge in [0.1, 0.15) is 6.04 Å². The highest BCUT2D eigenvalue weighted by Crippen LogP contribution is 2.25. The van der Waals surface area contributed by atoms with Gasteiger partial charge in [-0.3, -0.25) is 13.9 Å². The van der Waals surface area contributed by atoms with Crippen molar-refractivity contribution < 1.29 is 18.0 Å². The Labute approximate surface area is 223 Å². The van der Waals surface area contributed by atoms with Crippen LogP contribution in [0.1, 0.15) is 69.2 Å². The lowest BCUT2D eigenvalue weighted by Gasteiger charge is -2.33. The Morgan fingerprint density at radius 1 is 1.00 bits per heavy atom. The van der Waals surface area contributed by atoms with Gasteiger partial charge >= 0.3 is 0 Å². The van der Waals surface area contributed by atoms with Crippen LogP contribution in [0.3, 0.4) is 0 Å². The van der Waals surface area contributed by atoms with Gasteiger partial charge in [0.2, 0.25) is 21.8 Å². The molecule has 8 heteroatoms.